The Hall–Kier alpha value is -2.08. The van der Waals surface area contributed by atoms with Crippen LogP contribution in [0.5, 0.6) is 5.75 Å². The Morgan fingerprint density at radius 2 is 2.18 bits per heavy atom. The average Bonchev–Trinajstić information content (AvgIpc) is 3.01. The van der Waals surface area contributed by atoms with E-state index in [1.54, 1.807) is 14.1 Å². The molecule has 1 aromatic rings. The molecule has 1 atom stereocenters. The van der Waals surface area contributed by atoms with Crippen molar-refractivity contribution >= 4 is 17.5 Å². The number of carbonyl (C=O) groups excluding carboxylic acids is 2. The second-order valence-electron chi connectivity index (χ2n) is 5.76. The highest BCUT2D eigenvalue weighted by Gasteiger charge is 2.23. The summed E-state index contributed by atoms with van der Waals surface area (Å²) in [5.74, 6) is 0.364. The quantitative estimate of drug-likeness (QED) is 0.852. The number of carbonyl (C=O) groups is 2. The average molecular weight is 305 g/mol. The van der Waals surface area contributed by atoms with Crippen molar-refractivity contribution < 1.29 is 14.3 Å². The van der Waals surface area contributed by atoms with Crippen LogP contribution in [0.4, 0.5) is 5.69 Å². The van der Waals surface area contributed by atoms with Gasteiger partial charge in [-0.05, 0) is 37.6 Å². The van der Waals surface area contributed by atoms with E-state index >= 15 is 0 Å². The molecule has 0 aliphatic carbocycles. The zero-order valence-electron chi connectivity index (χ0n) is 13.3. The molecule has 6 heteroatoms. The summed E-state index contributed by atoms with van der Waals surface area (Å²) in [6.45, 7) is 3.46. The lowest BCUT2D eigenvalue weighted by Gasteiger charge is -2.16. The maximum atomic E-state index is 12.2. The molecule has 1 unspecified atom stereocenters. The minimum atomic E-state index is -0.126. The molecule has 22 heavy (non-hydrogen) atoms. The third kappa shape index (κ3) is 4.21. The lowest BCUT2D eigenvalue weighted by atomic mass is 10.1. The fraction of sp³-hybridized carbons (Fsp3) is 0.500. The number of hydrogen-bond acceptors (Lipinski definition) is 4. The van der Waals surface area contributed by atoms with E-state index in [1.165, 1.54) is 4.90 Å². The third-order valence-corrected chi connectivity index (χ3v) is 3.68. The number of nitrogens with zero attached hydrogens (tertiary/aromatic N) is 1. The molecule has 0 aromatic heterocycles. The van der Waals surface area contributed by atoms with E-state index in [1.807, 2.05) is 25.1 Å². The molecule has 1 aliphatic rings. The zero-order valence-corrected chi connectivity index (χ0v) is 13.3. The van der Waals surface area contributed by atoms with E-state index in [-0.39, 0.29) is 24.3 Å². The molecular formula is C16H23N3O3. The Kier molecular flexibility index (Phi) is 5.38. The Morgan fingerprint density at radius 3 is 2.82 bits per heavy atom. The lowest BCUT2D eigenvalue weighted by Crippen LogP contribution is -2.28. The minimum absolute atomic E-state index is 0.0161. The highest BCUT2D eigenvalue weighted by molar-refractivity contribution is 5.94. The first-order valence-electron chi connectivity index (χ1n) is 7.42. The van der Waals surface area contributed by atoms with E-state index in [0.29, 0.717) is 18.0 Å². The van der Waals surface area contributed by atoms with Crippen molar-refractivity contribution in [2.45, 2.75) is 13.3 Å². The maximum absolute atomic E-state index is 12.2. The molecule has 120 valence electrons. The van der Waals surface area contributed by atoms with Crippen LogP contribution < -0.4 is 15.4 Å². The number of aryl methyl sites for hydroxylation is 1. The Labute approximate surface area is 130 Å². The van der Waals surface area contributed by atoms with Crippen molar-refractivity contribution in [1.82, 2.24) is 10.2 Å². The topological polar surface area (TPSA) is 70.7 Å². The van der Waals surface area contributed by atoms with Gasteiger partial charge in [-0.2, -0.15) is 0 Å². The van der Waals surface area contributed by atoms with E-state index in [0.717, 1.165) is 18.5 Å². The SMILES string of the molecule is Cc1ccc(NC(=O)C2CCNC2)c(OCC(=O)N(C)C)c1. The van der Waals surface area contributed by atoms with Crippen molar-refractivity contribution in [3.05, 3.63) is 23.8 Å². The van der Waals surface area contributed by atoms with Crippen molar-refractivity contribution in [1.29, 1.82) is 0 Å². The summed E-state index contributed by atoms with van der Waals surface area (Å²) in [7, 11) is 3.36. The molecule has 1 aromatic carbocycles. The number of nitrogens with one attached hydrogen (secondary N) is 2. The highest BCUT2D eigenvalue weighted by atomic mass is 16.5. The summed E-state index contributed by atoms with van der Waals surface area (Å²) in [5.41, 5.74) is 1.61. The van der Waals surface area contributed by atoms with Crippen LogP contribution in [-0.2, 0) is 9.59 Å². The van der Waals surface area contributed by atoms with Gasteiger partial charge in [0.05, 0.1) is 11.6 Å². The molecular weight excluding hydrogens is 282 g/mol. The van der Waals surface area contributed by atoms with Crippen LogP contribution in [-0.4, -0.2) is 50.5 Å². The number of benzene rings is 1. The zero-order chi connectivity index (χ0) is 16.1. The summed E-state index contributed by atoms with van der Waals surface area (Å²) in [6.07, 6.45) is 0.840. The summed E-state index contributed by atoms with van der Waals surface area (Å²) in [4.78, 5) is 25.3. The Balaban J connectivity index is 2.06. The molecule has 1 aliphatic heterocycles. The number of ether oxygens (including phenoxy) is 1. The number of likely N-dealkylation sites (N-methyl/N-ethyl adjacent to an activating group) is 1. The predicted molar refractivity (Wildman–Crippen MR) is 85.0 cm³/mol. The molecule has 1 fully saturated rings. The van der Waals surface area contributed by atoms with Crippen molar-refractivity contribution in [3.8, 4) is 5.75 Å². The van der Waals surface area contributed by atoms with Gasteiger partial charge in [0.15, 0.2) is 6.61 Å². The van der Waals surface area contributed by atoms with Gasteiger partial charge >= 0.3 is 0 Å². The van der Waals surface area contributed by atoms with Crippen LogP contribution >= 0.6 is 0 Å². The number of hydrogen-bond donors (Lipinski definition) is 2. The number of rotatable bonds is 5. The largest absolute Gasteiger partial charge is 0.482 e. The van der Waals surface area contributed by atoms with Crippen LogP contribution in [0.25, 0.3) is 0 Å². The van der Waals surface area contributed by atoms with Gasteiger partial charge in [-0.25, -0.2) is 0 Å². The molecule has 0 saturated carbocycles. The first-order valence-corrected chi connectivity index (χ1v) is 7.42. The maximum Gasteiger partial charge on any atom is 0.259 e. The molecule has 2 N–H and O–H groups in total. The van der Waals surface area contributed by atoms with Gasteiger partial charge < -0.3 is 20.3 Å². The second kappa shape index (κ2) is 7.26. The highest BCUT2D eigenvalue weighted by Crippen LogP contribution is 2.26. The minimum Gasteiger partial charge on any atom is -0.482 e. The Morgan fingerprint density at radius 1 is 1.41 bits per heavy atom. The fourth-order valence-corrected chi connectivity index (χ4v) is 2.23. The number of anilines is 1. The molecule has 1 saturated heterocycles. The number of amides is 2. The molecule has 6 nitrogen and oxygen atoms in total. The molecule has 2 rings (SSSR count). The molecule has 1 heterocycles. The summed E-state index contributed by atoms with van der Waals surface area (Å²) in [5, 5.41) is 6.08. The van der Waals surface area contributed by atoms with Crippen LogP contribution in [0.15, 0.2) is 18.2 Å². The molecule has 0 bridgehead atoms. The van der Waals surface area contributed by atoms with Crippen molar-refractivity contribution in [3.63, 3.8) is 0 Å². The van der Waals surface area contributed by atoms with E-state index in [4.69, 9.17) is 4.74 Å². The normalized spacial score (nSPS) is 17.1. The van der Waals surface area contributed by atoms with Crippen molar-refractivity contribution in [2.75, 3.05) is 39.1 Å². The van der Waals surface area contributed by atoms with E-state index in [9.17, 15) is 9.59 Å². The smallest absolute Gasteiger partial charge is 0.259 e. The summed E-state index contributed by atoms with van der Waals surface area (Å²) < 4.78 is 5.58. The van der Waals surface area contributed by atoms with Gasteiger partial charge in [0.2, 0.25) is 5.91 Å². The van der Waals surface area contributed by atoms with Gasteiger partial charge in [-0.1, -0.05) is 6.07 Å². The lowest BCUT2D eigenvalue weighted by molar-refractivity contribution is -0.130. The molecule has 0 spiro atoms. The van der Waals surface area contributed by atoms with Crippen LogP contribution in [0.1, 0.15) is 12.0 Å². The standard InChI is InChI=1S/C16H23N3O3/c1-11-4-5-13(18-16(21)12-6-7-17-9-12)14(8-11)22-10-15(20)19(2)3/h4-5,8,12,17H,6-7,9-10H2,1-3H3,(H,18,21). The monoisotopic (exact) mass is 305 g/mol. The van der Waals surface area contributed by atoms with Gasteiger partial charge in [0, 0.05) is 20.6 Å². The van der Waals surface area contributed by atoms with Crippen molar-refractivity contribution in [2.24, 2.45) is 5.92 Å². The van der Waals surface area contributed by atoms with Crippen LogP contribution in [0, 0.1) is 12.8 Å². The van der Waals surface area contributed by atoms with Gasteiger partial charge in [-0.15, -0.1) is 0 Å². The third-order valence-electron chi connectivity index (χ3n) is 3.68. The van der Waals surface area contributed by atoms with Gasteiger partial charge in [-0.3, -0.25) is 9.59 Å². The summed E-state index contributed by atoms with van der Waals surface area (Å²) in [6, 6.07) is 5.54. The first kappa shape index (κ1) is 16.3. The molecule has 2 amide bonds. The summed E-state index contributed by atoms with van der Waals surface area (Å²) >= 11 is 0. The predicted octanol–water partition coefficient (Wildman–Crippen LogP) is 1.01. The first-order chi connectivity index (χ1) is 10.5. The van der Waals surface area contributed by atoms with E-state index < -0.39 is 0 Å². The van der Waals surface area contributed by atoms with Gasteiger partial charge in [0.1, 0.15) is 5.75 Å². The van der Waals surface area contributed by atoms with Crippen LogP contribution in [0.2, 0.25) is 0 Å². The van der Waals surface area contributed by atoms with E-state index in [2.05, 4.69) is 10.6 Å². The fourth-order valence-electron chi connectivity index (χ4n) is 2.23. The second-order valence-corrected chi connectivity index (χ2v) is 5.76. The molecule has 0 radical (unpaired) electrons. The van der Waals surface area contributed by atoms with Crippen LogP contribution in [0.3, 0.4) is 0 Å². The van der Waals surface area contributed by atoms with Gasteiger partial charge in [0.25, 0.3) is 5.91 Å². The Bertz CT molecular complexity index is 552.